The van der Waals surface area contributed by atoms with Gasteiger partial charge in [0.25, 0.3) is 0 Å². The lowest BCUT2D eigenvalue weighted by Crippen LogP contribution is -2.48. The topological polar surface area (TPSA) is 78.5 Å². The van der Waals surface area contributed by atoms with Crippen LogP contribution < -0.4 is 10.6 Å². The number of hydrogen-bond acceptors (Lipinski definition) is 3. The Hall–Kier alpha value is -1.59. The number of nitrogens with one attached hydrogen (secondary N) is 2. The van der Waals surface area contributed by atoms with Crippen LogP contribution in [-0.2, 0) is 14.4 Å². The molecule has 0 bridgehead atoms. The van der Waals surface area contributed by atoms with Crippen molar-refractivity contribution >= 4 is 17.7 Å². The molecule has 0 aromatic rings. The Balaban J connectivity index is 2.31. The lowest BCUT2D eigenvalue weighted by molar-refractivity contribution is -0.134. The van der Waals surface area contributed by atoms with Crippen LogP contribution in [0.4, 0.5) is 0 Å². The first kappa shape index (κ1) is 16.5. The fraction of sp³-hybridized carbons (Fsp3) is 0.786. The molecule has 114 valence electrons. The third-order valence-corrected chi connectivity index (χ3v) is 3.25. The second-order valence-corrected chi connectivity index (χ2v) is 6.30. The Labute approximate surface area is 120 Å². The molecule has 6 heteroatoms. The van der Waals surface area contributed by atoms with Crippen LogP contribution in [0.2, 0.25) is 0 Å². The molecular weight excluding hydrogens is 258 g/mol. The molecule has 1 aliphatic heterocycles. The maximum absolute atomic E-state index is 12.0. The summed E-state index contributed by atoms with van der Waals surface area (Å²) in [6, 6.07) is 0. The molecule has 2 N–H and O–H groups in total. The summed E-state index contributed by atoms with van der Waals surface area (Å²) < 4.78 is 0. The molecule has 3 amide bonds. The Morgan fingerprint density at radius 3 is 2.15 bits per heavy atom. The molecule has 6 nitrogen and oxygen atoms in total. The minimum Gasteiger partial charge on any atom is -0.350 e. The summed E-state index contributed by atoms with van der Waals surface area (Å²) in [4.78, 5) is 36.5. The number of rotatable bonds is 3. The van der Waals surface area contributed by atoms with E-state index in [2.05, 4.69) is 10.6 Å². The van der Waals surface area contributed by atoms with Crippen LogP contribution in [0.25, 0.3) is 0 Å². The van der Waals surface area contributed by atoms with Gasteiger partial charge in [0.15, 0.2) is 0 Å². The van der Waals surface area contributed by atoms with E-state index in [9.17, 15) is 14.4 Å². The Kier molecular flexibility index (Phi) is 5.53. The predicted molar refractivity (Wildman–Crippen MR) is 75.9 cm³/mol. The molecule has 0 aliphatic carbocycles. The minimum absolute atomic E-state index is 0.00300. The number of likely N-dealkylation sites (tertiary alicyclic amines) is 1. The minimum atomic E-state index is -0.297. The summed E-state index contributed by atoms with van der Waals surface area (Å²) in [6.45, 7) is 8.45. The zero-order valence-corrected chi connectivity index (χ0v) is 12.8. The van der Waals surface area contributed by atoms with Gasteiger partial charge in [0.2, 0.25) is 17.7 Å². The Morgan fingerprint density at radius 2 is 1.70 bits per heavy atom. The average Bonchev–Trinajstić information content (AvgIpc) is 2.34. The van der Waals surface area contributed by atoms with E-state index >= 15 is 0 Å². The van der Waals surface area contributed by atoms with Crippen molar-refractivity contribution in [1.82, 2.24) is 15.5 Å². The van der Waals surface area contributed by atoms with E-state index in [1.54, 1.807) is 4.90 Å². The Bertz CT molecular complexity index is 380. The molecule has 0 aromatic heterocycles. The normalized spacial score (nSPS) is 16.7. The van der Waals surface area contributed by atoms with Crippen molar-refractivity contribution in [3.63, 3.8) is 0 Å². The van der Waals surface area contributed by atoms with E-state index in [1.165, 1.54) is 6.92 Å². The first-order valence-corrected chi connectivity index (χ1v) is 7.03. The first-order valence-electron chi connectivity index (χ1n) is 7.03. The predicted octanol–water partition coefficient (Wildman–Crippen LogP) is 0.276. The molecule has 1 fully saturated rings. The van der Waals surface area contributed by atoms with Gasteiger partial charge in [-0.3, -0.25) is 14.4 Å². The quantitative estimate of drug-likeness (QED) is 0.780. The van der Waals surface area contributed by atoms with Crippen molar-refractivity contribution in [2.75, 3.05) is 19.6 Å². The van der Waals surface area contributed by atoms with Crippen LogP contribution in [0, 0.1) is 5.92 Å². The summed E-state index contributed by atoms with van der Waals surface area (Å²) in [5.74, 6) is -0.342. The molecule has 0 atom stereocenters. The van der Waals surface area contributed by atoms with Gasteiger partial charge in [-0.1, -0.05) is 0 Å². The third-order valence-electron chi connectivity index (χ3n) is 3.25. The molecule has 0 unspecified atom stereocenters. The van der Waals surface area contributed by atoms with Gasteiger partial charge >= 0.3 is 0 Å². The molecule has 0 radical (unpaired) electrons. The van der Waals surface area contributed by atoms with Crippen LogP contribution in [0.15, 0.2) is 0 Å². The number of carbonyl (C=O) groups is 3. The van der Waals surface area contributed by atoms with Crippen molar-refractivity contribution < 1.29 is 14.4 Å². The molecule has 20 heavy (non-hydrogen) atoms. The monoisotopic (exact) mass is 283 g/mol. The van der Waals surface area contributed by atoms with Crippen LogP contribution >= 0.6 is 0 Å². The highest BCUT2D eigenvalue weighted by Crippen LogP contribution is 2.17. The van der Waals surface area contributed by atoms with Gasteiger partial charge < -0.3 is 15.5 Å². The number of nitrogens with zero attached hydrogens (tertiary/aromatic N) is 1. The highest BCUT2D eigenvalue weighted by atomic mass is 16.2. The number of amides is 3. The van der Waals surface area contributed by atoms with Crippen molar-refractivity contribution in [2.24, 2.45) is 5.92 Å². The van der Waals surface area contributed by atoms with Gasteiger partial charge in [0.1, 0.15) is 0 Å². The lowest BCUT2D eigenvalue weighted by Gasteiger charge is -2.30. The van der Waals surface area contributed by atoms with Crippen molar-refractivity contribution in [1.29, 1.82) is 0 Å². The van der Waals surface area contributed by atoms with Gasteiger partial charge in [-0.05, 0) is 33.6 Å². The highest BCUT2D eigenvalue weighted by Gasteiger charge is 2.26. The zero-order valence-electron chi connectivity index (χ0n) is 12.8. The second-order valence-electron chi connectivity index (χ2n) is 6.30. The molecule has 1 rings (SSSR count). The molecule has 1 saturated heterocycles. The van der Waals surface area contributed by atoms with E-state index in [0.29, 0.717) is 25.9 Å². The SMILES string of the molecule is CC(=O)N1CCC(C(=O)NCC(=O)NC(C)(C)C)CC1. The van der Waals surface area contributed by atoms with Crippen LogP contribution in [0.5, 0.6) is 0 Å². The van der Waals surface area contributed by atoms with E-state index in [1.807, 2.05) is 20.8 Å². The van der Waals surface area contributed by atoms with Gasteiger partial charge in [0.05, 0.1) is 6.54 Å². The smallest absolute Gasteiger partial charge is 0.239 e. The summed E-state index contributed by atoms with van der Waals surface area (Å²) in [7, 11) is 0. The van der Waals surface area contributed by atoms with Gasteiger partial charge in [0, 0.05) is 31.5 Å². The van der Waals surface area contributed by atoms with Gasteiger partial charge in [-0.25, -0.2) is 0 Å². The van der Waals surface area contributed by atoms with E-state index in [4.69, 9.17) is 0 Å². The lowest BCUT2D eigenvalue weighted by atomic mass is 9.96. The third kappa shape index (κ3) is 5.59. The van der Waals surface area contributed by atoms with Gasteiger partial charge in [-0.2, -0.15) is 0 Å². The van der Waals surface area contributed by atoms with Crippen molar-refractivity contribution in [3.8, 4) is 0 Å². The number of piperidine rings is 1. The molecule has 1 aliphatic rings. The zero-order chi connectivity index (χ0) is 15.3. The standard InChI is InChI=1S/C14H25N3O3/c1-10(18)17-7-5-11(6-8-17)13(20)15-9-12(19)16-14(2,3)4/h11H,5-9H2,1-4H3,(H,15,20)(H,16,19). The molecule has 1 heterocycles. The Morgan fingerprint density at radius 1 is 1.15 bits per heavy atom. The molecule has 0 saturated carbocycles. The van der Waals surface area contributed by atoms with Gasteiger partial charge in [-0.15, -0.1) is 0 Å². The average molecular weight is 283 g/mol. The van der Waals surface area contributed by atoms with Crippen molar-refractivity contribution in [2.45, 2.75) is 46.1 Å². The summed E-state index contributed by atoms with van der Waals surface area (Å²) in [5, 5.41) is 5.46. The highest BCUT2D eigenvalue weighted by molar-refractivity contribution is 5.86. The summed E-state index contributed by atoms with van der Waals surface area (Å²) in [5.41, 5.74) is -0.297. The van der Waals surface area contributed by atoms with E-state index in [0.717, 1.165) is 0 Å². The maximum Gasteiger partial charge on any atom is 0.239 e. The maximum atomic E-state index is 12.0. The fourth-order valence-corrected chi connectivity index (χ4v) is 2.23. The molecule has 0 aromatic carbocycles. The van der Waals surface area contributed by atoms with Crippen LogP contribution in [-0.4, -0.2) is 47.8 Å². The number of carbonyl (C=O) groups excluding carboxylic acids is 3. The first-order chi connectivity index (χ1) is 9.19. The van der Waals surface area contributed by atoms with Crippen LogP contribution in [0.3, 0.4) is 0 Å². The second kappa shape index (κ2) is 6.72. The summed E-state index contributed by atoms with van der Waals surface area (Å²) >= 11 is 0. The molecule has 0 spiro atoms. The summed E-state index contributed by atoms with van der Waals surface area (Å²) in [6.07, 6.45) is 1.32. The van der Waals surface area contributed by atoms with Crippen molar-refractivity contribution in [3.05, 3.63) is 0 Å². The molecular formula is C14H25N3O3. The van der Waals surface area contributed by atoms with Crippen LogP contribution in [0.1, 0.15) is 40.5 Å². The van der Waals surface area contributed by atoms with E-state index < -0.39 is 0 Å². The van der Waals surface area contributed by atoms with E-state index in [-0.39, 0.29) is 35.7 Å². The fourth-order valence-electron chi connectivity index (χ4n) is 2.23. The number of hydrogen-bond donors (Lipinski definition) is 2. The largest absolute Gasteiger partial charge is 0.350 e.